The Balaban J connectivity index is 0.000000194. The quantitative estimate of drug-likeness (QED) is 0.163. The zero-order chi connectivity index (χ0) is 36.1. The molecule has 0 bridgehead atoms. The van der Waals surface area contributed by atoms with Gasteiger partial charge in [-0.15, -0.1) is 20.4 Å². The number of benzene rings is 4. The van der Waals surface area contributed by atoms with Crippen molar-refractivity contribution in [3.05, 3.63) is 120 Å². The third-order valence-electron chi connectivity index (χ3n) is 6.35. The smallest absolute Gasteiger partial charge is 0.419 e. The lowest BCUT2D eigenvalue weighted by Gasteiger charge is -2.12. The van der Waals surface area contributed by atoms with Crippen molar-refractivity contribution < 1.29 is 44.6 Å². The first kappa shape index (κ1) is 34.9. The van der Waals surface area contributed by atoms with E-state index in [2.05, 4.69) is 30.4 Å². The van der Waals surface area contributed by atoms with Crippen molar-refractivity contribution in [1.82, 2.24) is 30.4 Å². The van der Waals surface area contributed by atoms with Crippen LogP contribution in [-0.4, -0.2) is 30.4 Å². The van der Waals surface area contributed by atoms with Crippen LogP contribution in [0.4, 0.5) is 47.0 Å². The number of rotatable bonds is 6. The summed E-state index contributed by atoms with van der Waals surface area (Å²) in [7, 11) is 0. The molecule has 6 rings (SSSR count). The van der Waals surface area contributed by atoms with Crippen LogP contribution in [0, 0.1) is 11.6 Å². The highest BCUT2D eigenvalue weighted by Gasteiger charge is 2.35. The minimum Gasteiger partial charge on any atom is -0.436 e. The molecule has 0 aliphatic rings. The summed E-state index contributed by atoms with van der Waals surface area (Å²) >= 11 is 0. The molecule has 2 aromatic heterocycles. The summed E-state index contributed by atoms with van der Waals surface area (Å²) in [5.41, 5.74) is 9.72. The first-order chi connectivity index (χ1) is 23.7. The number of nitrogen functional groups attached to an aromatic ring is 2. The van der Waals surface area contributed by atoms with E-state index in [1.54, 1.807) is 60.7 Å². The predicted molar refractivity (Wildman–Crippen MR) is 162 cm³/mol. The molecule has 0 atom stereocenters. The van der Waals surface area contributed by atoms with Crippen molar-refractivity contribution in [2.45, 2.75) is 12.4 Å². The molecule has 4 N–H and O–H groups in total. The summed E-state index contributed by atoms with van der Waals surface area (Å²) in [6.07, 6.45) is -9.70. The van der Waals surface area contributed by atoms with E-state index in [1.807, 2.05) is 0 Å². The maximum absolute atomic E-state index is 13.4. The van der Waals surface area contributed by atoms with Gasteiger partial charge in [-0.3, -0.25) is 0 Å². The van der Waals surface area contributed by atoms with Gasteiger partial charge in [-0.2, -0.15) is 26.3 Å². The van der Waals surface area contributed by atoms with Gasteiger partial charge in [0.1, 0.15) is 34.5 Å². The second-order valence-corrected chi connectivity index (χ2v) is 9.86. The Labute approximate surface area is 276 Å². The molecule has 50 heavy (non-hydrogen) atoms. The highest BCUT2D eigenvalue weighted by Crippen LogP contribution is 2.37. The Kier molecular flexibility index (Phi) is 10.0. The van der Waals surface area contributed by atoms with E-state index in [1.165, 1.54) is 0 Å². The van der Waals surface area contributed by atoms with Crippen LogP contribution in [0.5, 0.6) is 23.3 Å². The van der Waals surface area contributed by atoms with E-state index in [0.717, 1.165) is 12.1 Å². The predicted octanol–water partition coefficient (Wildman–Crippen LogP) is 8.14. The first-order valence-electron chi connectivity index (χ1n) is 13.9. The van der Waals surface area contributed by atoms with Gasteiger partial charge in [-0.05, 0) is 36.4 Å². The topological polar surface area (TPSA) is 148 Å². The molecular weight excluding hydrogens is 680 g/mol. The van der Waals surface area contributed by atoms with Crippen molar-refractivity contribution in [1.29, 1.82) is 0 Å². The fraction of sp³-hybridized carbons (Fsp3) is 0.0625. The van der Waals surface area contributed by atoms with Crippen molar-refractivity contribution in [3.8, 4) is 45.8 Å². The highest BCUT2D eigenvalue weighted by atomic mass is 19.4. The Hall–Kier alpha value is -6.46. The number of hydrogen-bond donors (Lipinski definition) is 2. The van der Waals surface area contributed by atoms with E-state index in [0.29, 0.717) is 35.4 Å². The van der Waals surface area contributed by atoms with Gasteiger partial charge < -0.3 is 20.9 Å². The molecule has 0 saturated heterocycles. The zero-order valence-electron chi connectivity index (χ0n) is 24.9. The van der Waals surface area contributed by atoms with Gasteiger partial charge in [-0.25, -0.2) is 18.7 Å². The van der Waals surface area contributed by atoms with E-state index >= 15 is 0 Å². The van der Waals surface area contributed by atoms with Crippen LogP contribution in [0.25, 0.3) is 22.5 Å². The summed E-state index contributed by atoms with van der Waals surface area (Å²) in [6.45, 7) is 0. The van der Waals surface area contributed by atoms with Crippen LogP contribution in [0.1, 0.15) is 11.1 Å². The van der Waals surface area contributed by atoms with Crippen LogP contribution < -0.4 is 20.9 Å². The number of nitrogens with zero attached hydrogens (tertiary/aromatic N) is 6. The number of anilines is 2. The molecule has 256 valence electrons. The summed E-state index contributed by atoms with van der Waals surface area (Å²) in [5, 5.41) is 14.5. The first-order valence-corrected chi connectivity index (χ1v) is 13.9. The molecule has 0 spiro atoms. The van der Waals surface area contributed by atoms with Crippen molar-refractivity contribution in [3.63, 3.8) is 0 Å². The molecule has 18 heteroatoms. The summed E-state index contributed by atoms with van der Waals surface area (Å²) in [4.78, 5) is 8.02. The van der Waals surface area contributed by atoms with Gasteiger partial charge in [0.15, 0.2) is 0 Å². The highest BCUT2D eigenvalue weighted by molar-refractivity contribution is 5.66. The molecule has 0 radical (unpaired) electrons. The molecule has 0 aliphatic carbocycles. The molecule has 6 aromatic rings. The Bertz CT molecular complexity index is 1950. The van der Waals surface area contributed by atoms with E-state index in [-0.39, 0.29) is 46.5 Å². The third kappa shape index (κ3) is 8.52. The number of hydrogen-bond acceptors (Lipinski definition) is 10. The van der Waals surface area contributed by atoms with E-state index < -0.39 is 35.1 Å². The summed E-state index contributed by atoms with van der Waals surface area (Å²) in [6, 6.07) is 21.8. The van der Waals surface area contributed by atoms with Gasteiger partial charge in [0.05, 0.1) is 11.1 Å². The second kappa shape index (κ2) is 14.3. The average Bonchev–Trinajstić information content (AvgIpc) is 3.08. The lowest BCUT2D eigenvalue weighted by Crippen LogP contribution is -2.08. The van der Waals surface area contributed by atoms with Crippen LogP contribution in [0.3, 0.4) is 0 Å². The van der Waals surface area contributed by atoms with Crippen molar-refractivity contribution >= 4 is 11.9 Å². The van der Waals surface area contributed by atoms with E-state index in [9.17, 15) is 35.1 Å². The van der Waals surface area contributed by atoms with Gasteiger partial charge >= 0.3 is 12.4 Å². The van der Waals surface area contributed by atoms with Gasteiger partial charge in [0.2, 0.25) is 11.9 Å². The molecule has 2 heterocycles. The Morgan fingerprint density at radius 1 is 0.480 bits per heavy atom. The zero-order valence-corrected chi connectivity index (χ0v) is 24.9. The van der Waals surface area contributed by atoms with Crippen molar-refractivity contribution in [2.75, 3.05) is 11.5 Å². The van der Waals surface area contributed by atoms with Gasteiger partial charge in [0, 0.05) is 11.1 Å². The number of ether oxygens (including phenoxy) is 2. The Morgan fingerprint density at radius 2 is 0.840 bits per heavy atom. The molecule has 4 aromatic carbocycles. The second-order valence-electron chi connectivity index (χ2n) is 9.86. The van der Waals surface area contributed by atoms with Crippen LogP contribution in [-0.2, 0) is 12.4 Å². The van der Waals surface area contributed by atoms with Gasteiger partial charge in [0.25, 0.3) is 11.8 Å². The monoisotopic (exact) mass is 700 g/mol. The maximum atomic E-state index is 13.4. The van der Waals surface area contributed by atoms with Crippen LogP contribution >= 0.6 is 0 Å². The fourth-order valence-corrected chi connectivity index (χ4v) is 4.16. The SMILES string of the molecule is Nc1nnc(Oc2ccc(F)c(C(F)(F)F)c2)c(-c2ccccc2)n1.Nc1nnc(Oc2ccc(F)c(C(F)(F)F)c2)c(-c2ccccc2)n1. The number of halogens is 8. The number of alkyl halides is 6. The van der Waals surface area contributed by atoms with Crippen LogP contribution in [0.15, 0.2) is 97.1 Å². The molecular formula is C32H20F8N8O2. The Morgan fingerprint density at radius 3 is 1.18 bits per heavy atom. The molecule has 0 aliphatic heterocycles. The molecule has 10 nitrogen and oxygen atoms in total. The summed E-state index contributed by atoms with van der Waals surface area (Å²) < 4.78 is 114. The normalized spacial score (nSPS) is 11.4. The maximum Gasteiger partial charge on any atom is 0.419 e. The van der Waals surface area contributed by atoms with Crippen molar-refractivity contribution in [2.24, 2.45) is 0 Å². The number of nitrogens with two attached hydrogens (primary N) is 2. The lowest BCUT2D eigenvalue weighted by atomic mass is 10.1. The molecule has 0 amide bonds. The summed E-state index contributed by atoms with van der Waals surface area (Å²) in [5.74, 6) is -3.87. The minimum absolute atomic E-state index is 0.124. The molecule has 0 unspecified atom stereocenters. The lowest BCUT2D eigenvalue weighted by molar-refractivity contribution is -0.140. The minimum atomic E-state index is -4.85. The number of aromatic nitrogens is 6. The fourth-order valence-electron chi connectivity index (χ4n) is 4.16. The molecule has 0 fully saturated rings. The van der Waals surface area contributed by atoms with E-state index in [4.69, 9.17) is 20.9 Å². The van der Waals surface area contributed by atoms with Gasteiger partial charge in [-0.1, -0.05) is 60.7 Å². The molecule has 0 saturated carbocycles. The third-order valence-corrected chi connectivity index (χ3v) is 6.35. The largest absolute Gasteiger partial charge is 0.436 e. The standard InChI is InChI=1S/2C16H10F4N4O/c2*17-12-7-6-10(8-11(12)16(18,19)20)25-14-13(22-15(21)24-23-14)9-4-2-1-3-5-9/h2*1-8H,(H2,21,22,24). The van der Waals surface area contributed by atoms with Crippen LogP contribution in [0.2, 0.25) is 0 Å². The average molecular weight is 701 g/mol.